The highest BCUT2D eigenvalue weighted by atomic mass is 35.5. The van der Waals surface area contributed by atoms with Gasteiger partial charge in [0.1, 0.15) is 10.4 Å². The van der Waals surface area contributed by atoms with Crippen molar-refractivity contribution in [2.75, 3.05) is 10.0 Å². The molecule has 0 aliphatic carbocycles. The highest BCUT2D eigenvalue weighted by Gasteiger charge is 2.25. The van der Waals surface area contributed by atoms with Crippen LogP contribution in [0.4, 0.5) is 11.7 Å². The van der Waals surface area contributed by atoms with Crippen LogP contribution in [0.2, 0.25) is 5.02 Å². The van der Waals surface area contributed by atoms with Gasteiger partial charge in [0.2, 0.25) is 0 Å². The maximum atomic E-state index is 13.6. The first-order valence-electron chi connectivity index (χ1n) is 11.1. The van der Waals surface area contributed by atoms with E-state index in [1.54, 1.807) is 48.5 Å². The van der Waals surface area contributed by atoms with Crippen LogP contribution in [-0.4, -0.2) is 19.3 Å². The van der Waals surface area contributed by atoms with Crippen LogP contribution in [0.15, 0.2) is 111 Å². The predicted molar refractivity (Wildman–Crippen MR) is 147 cm³/mol. The zero-order chi connectivity index (χ0) is 25.8. The molecule has 7 nitrogen and oxygen atoms in total. The Morgan fingerprint density at radius 3 is 2.32 bits per heavy atom. The molecule has 0 atom stereocenters. The van der Waals surface area contributed by atoms with E-state index in [1.807, 2.05) is 36.4 Å². The molecule has 0 aliphatic heterocycles. The zero-order valence-corrected chi connectivity index (χ0v) is 21.6. The molecule has 2 N–H and O–H groups in total. The zero-order valence-electron chi connectivity index (χ0n) is 19.2. The summed E-state index contributed by atoms with van der Waals surface area (Å²) in [5.41, 5.74) is 2.54. The number of amides is 1. The average molecular weight is 550 g/mol. The summed E-state index contributed by atoms with van der Waals surface area (Å²) in [6, 6.07) is 28.0. The van der Waals surface area contributed by atoms with Crippen LogP contribution in [0.3, 0.4) is 0 Å². The van der Waals surface area contributed by atoms with E-state index in [0.717, 1.165) is 5.56 Å². The quantitative estimate of drug-likeness (QED) is 0.206. The van der Waals surface area contributed by atoms with Gasteiger partial charge in [-0.05, 0) is 42.0 Å². The molecule has 0 bridgehead atoms. The van der Waals surface area contributed by atoms with Gasteiger partial charge in [0, 0.05) is 16.3 Å². The van der Waals surface area contributed by atoms with Gasteiger partial charge in [-0.1, -0.05) is 72.3 Å². The van der Waals surface area contributed by atoms with E-state index >= 15 is 0 Å². The fraction of sp³-hybridized carbons (Fsp3) is 0.0370. The summed E-state index contributed by atoms with van der Waals surface area (Å²) in [7, 11) is -4.21. The first-order chi connectivity index (χ1) is 17.9. The molecule has 10 heteroatoms. The standard InChI is InChI=1S/C27H20ClN3O4S2/c28-21-16-24(36-17-18-9-3-1-4-10-18)25(15-20(21)26(32)29-19-11-5-2-6-12-19)37(33,34)31-27-30-22-13-7-8-14-23(22)35-27/h1-16H,17H2,(H,29,32)(H,30,31). The SMILES string of the molecule is O=C(Nc1ccccc1)c1cc(S(=O)(=O)Nc2nc3ccccc3o2)c(SCc2ccccc2)cc1Cl. The smallest absolute Gasteiger partial charge is 0.309 e. The van der Waals surface area contributed by atoms with Crippen LogP contribution in [-0.2, 0) is 15.8 Å². The second kappa shape index (κ2) is 10.7. The number of nitrogens with zero attached hydrogens (tertiary/aromatic N) is 1. The Balaban J connectivity index is 1.52. The number of oxazole rings is 1. The van der Waals surface area contributed by atoms with E-state index in [1.165, 1.54) is 23.9 Å². The van der Waals surface area contributed by atoms with Gasteiger partial charge in [-0.2, -0.15) is 4.98 Å². The fourth-order valence-corrected chi connectivity index (χ4v) is 6.33. The Bertz CT molecular complexity index is 1640. The molecule has 4 aromatic carbocycles. The van der Waals surface area contributed by atoms with Crippen molar-refractivity contribution in [3.05, 3.63) is 113 Å². The highest BCUT2D eigenvalue weighted by Crippen LogP contribution is 2.35. The number of benzene rings is 4. The van der Waals surface area contributed by atoms with E-state index in [9.17, 15) is 13.2 Å². The van der Waals surface area contributed by atoms with Crippen molar-refractivity contribution in [3.8, 4) is 0 Å². The summed E-state index contributed by atoms with van der Waals surface area (Å²) in [6.07, 6.45) is 0. The van der Waals surface area contributed by atoms with E-state index in [2.05, 4.69) is 15.0 Å². The molecule has 5 rings (SSSR count). The lowest BCUT2D eigenvalue weighted by Crippen LogP contribution is -2.17. The second-order valence-corrected chi connectivity index (χ2v) is 11.0. The molecule has 0 radical (unpaired) electrons. The number of rotatable bonds is 8. The molecule has 186 valence electrons. The number of carbonyl (C=O) groups is 1. The molecule has 0 spiro atoms. The minimum atomic E-state index is -4.21. The first kappa shape index (κ1) is 24.9. The van der Waals surface area contributed by atoms with Gasteiger partial charge in [0.15, 0.2) is 5.58 Å². The van der Waals surface area contributed by atoms with Crippen LogP contribution in [0.25, 0.3) is 11.1 Å². The molecule has 0 unspecified atom stereocenters. The molecule has 0 saturated carbocycles. The number of sulfonamides is 1. The van der Waals surface area contributed by atoms with Crippen molar-refractivity contribution < 1.29 is 17.6 Å². The van der Waals surface area contributed by atoms with Gasteiger partial charge < -0.3 is 9.73 Å². The summed E-state index contributed by atoms with van der Waals surface area (Å²) in [4.78, 5) is 17.5. The summed E-state index contributed by atoms with van der Waals surface area (Å²) in [5, 5.41) is 2.88. The molecule has 0 fully saturated rings. The van der Waals surface area contributed by atoms with Gasteiger partial charge in [-0.3, -0.25) is 4.79 Å². The predicted octanol–water partition coefficient (Wildman–Crippen LogP) is 6.83. The van der Waals surface area contributed by atoms with Gasteiger partial charge in [-0.25, -0.2) is 13.1 Å². The maximum Gasteiger partial charge on any atom is 0.309 e. The van der Waals surface area contributed by atoms with Gasteiger partial charge in [0.05, 0.1) is 10.6 Å². The van der Waals surface area contributed by atoms with Crippen LogP contribution in [0.5, 0.6) is 0 Å². The third-order valence-corrected chi connectivity index (χ3v) is 8.28. The molecule has 0 aliphatic rings. The number of halogens is 1. The lowest BCUT2D eigenvalue weighted by Gasteiger charge is -2.14. The van der Waals surface area contributed by atoms with Crippen molar-refractivity contribution in [1.82, 2.24) is 4.98 Å². The van der Waals surface area contributed by atoms with Crippen molar-refractivity contribution in [2.45, 2.75) is 15.5 Å². The summed E-state index contributed by atoms with van der Waals surface area (Å²) in [6.45, 7) is 0. The molecular weight excluding hydrogens is 530 g/mol. The Labute approximate surface area is 222 Å². The van der Waals surface area contributed by atoms with Crippen LogP contribution in [0, 0.1) is 0 Å². The number of para-hydroxylation sites is 3. The lowest BCUT2D eigenvalue weighted by molar-refractivity contribution is 0.102. The Morgan fingerprint density at radius 1 is 0.919 bits per heavy atom. The topological polar surface area (TPSA) is 101 Å². The van der Waals surface area contributed by atoms with Crippen molar-refractivity contribution in [1.29, 1.82) is 0 Å². The van der Waals surface area contributed by atoms with Gasteiger partial charge >= 0.3 is 6.01 Å². The van der Waals surface area contributed by atoms with Crippen LogP contribution >= 0.6 is 23.4 Å². The molecule has 5 aromatic rings. The van der Waals surface area contributed by atoms with Crippen LogP contribution in [0.1, 0.15) is 15.9 Å². The summed E-state index contributed by atoms with van der Waals surface area (Å²) < 4.78 is 35.1. The lowest BCUT2D eigenvalue weighted by atomic mass is 10.2. The number of carbonyl (C=O) groups excluding carboxylic acids is 1. The third kappa shape index (κ3) is 5.80. The molecule has 1 heterocycles. The van der Waals surface area contributed by atoms with Crippen molar-refractivity contribution in [3.63, 3.8) is 0 Å². The number of anilines is 2. The Morgan fingerprint density at radius 2 is 1.59 bits per heavy atom. The van der Waals surface area contributed by atoms with E-state index < -0.39 is 15.9 Å². The molecule has 37 heavy (non-hydrogen) atoms. The van der Waals surface area contributed by atoms with Crippen molar-refractivity contribution >= 4 is 62.1 Å². The fourth-order valence-electron chi connectivity index (χ4n) is 3.57. The molecule has 0 saturated heterocycles. The second-order valence-electron chi connectivity index (χ2n) is 7.97. The maximum absolute atomic E-state index is 13.6. The number of thioether (sulfide) groups is 1. The summed E-state index contributed by atoms with van der Waals surface area (Å²) in [5.74, 6) is -0.0351. The number of hydrogen-bond acceptors (Lipinski definition) is 6. The van der Waals surface area contributed by atoms with E-state index in [0.29, 0.717) is 27.4 Å². The third-order valence-electron chi connectivity index (χ3n) is 5.35. The van der Waals surface area contributed by atoms with Crippen molar-refractivity contribution in [2.24, 2.45) is 0 Å². The Kier molecular flexibility index (Phi) is 7.18. The monoisotopic (exact) mass is 549 g/mol. The molecular formula is C27H20ClN3O4S2. The number of hydrogen-bond donors (Lipinski definition) is 2. The normalized spacial score (nSPS) is 11.4. The Hall–Kier alpha value is -3.79. The minimum absolute atomic E-state index is 0.0209. The van der Waals surface area contributed by atoms with Crippen LogP contribution < -0.4 is 10.0 Å². The largest absolute Gasteiger partial charge is 0.423 e. The molecule has 1 amide bonds. The number of nitrogens with one attached hydrogen (secondary N) is 2. The van der Waals surface area contributed by atoms with E-state index in [4.69, 9.17) is 16.0 Å². The minimum Gasteiger partial charge on any atom is -0.423 e. The molecule has 1 aromatic heterocycles. The number of aromatic nitrogens is 1. The summed E-state index contributed by atoms with van der Waals surface area (Å²) >= 11 is 7.78. The highest BCUT2D eigenvalue weighted by molar-refractivity contribution is 7.99. The number of fused-ring (bicyclic) bond motifs is 1. The van der Waals surface area contributed by atoms with Gasteiger partial charge in [-0.15, -0.1) is 11.8 Å². The average Bonchev–Trinajstić information content (AvgIpc) is 3.30. The first-order valence-corrected chi connectivity index (χ1v) is 14.0. The van der Waals surface area contributed by atoms with E-state index in [-0.39, 0.29) is 21.5 Å². The van der Waals surface area contributed by atoms with Gasteiger partial charge in [0.25, 0.3) is 15.9 Å².